The summed E-state index contributed by atoms with van der Waals surface area (Å²) in [5.74, 6) is 0.620. The van der Waals surface area contributed by atoms with E-state index >= 15 is 0 Å². The van der Waals surface area contributed by atoms with Crippen molar-refractivity contribution >= 4 is 11.6 Å². The van der Waals surface area contributed by atoms with Crippen molar-refractivity contribution < 1.29 is 9.47 Å². The van der Waals surface area contributed by atoms with Gasteiger partial charge in [0.15, 0.2) is 6.29 Å². The Bertz CT molecular complexity index is 177. The van der Waals surface area contributed by atoms with Crippen molar-refractivity contribution in [2.75, 3.05) is 14.2 Å². The smallest absolute Gasteiger partial charge is 0.157 e. The normalized spacial score (nSPS) is 14.3. The van der Waals surface area contributed by atoms with E-state index in [0.29, 0.717) is 5.92 Å². The highest BCUT2D eigenvalue weighted by Crippen LogP contribution is 2.31. The van der Waals surface area contributed by atoms with E-state index in [9.17, 15) is 0 Å². The summed E-state index contributed by atoms with van der Waals surface area (Å²) in [6.45, 7) is 6.59. The number of methoxy groups -OCH3 is 2. The van der Waals surface area contributed by atoms with Crippen LogP contribution in [0, 0.1) is 5.92 Å². The third-order valence-electron chi connectivity index (χ3n) is 3.71. The average Bonchev–Trinajstić information content (AvgIpc) is 2.35. The van der Waals surface area contributed by atoms with E-state index in [2.05, 4.69) is 20.8 Å². The van der Waals surface area contributed by atoms with Crippen molar-refractivity contribution in [1.82, 2.24) is 0 Å². The molecule has 0 rings (SSSR count). The molecule has 2 nitrogen and oxygen atoms in total. The fourth-order valence-corrected chi connectivity index (χ4v) is 2.24. The van der Waals surface area contributed by atoms with Crippen molar-refractivity contribution in [2.45, 2.75) is 70.5 Å². The van der Waals surface area contributed by atoms with Gasteiger partial charge >= 0.3 is 0 Å². The Morgan fingerprint density at radius 1 is 1.12 bits per heavy atom. The van der Waals surface area contributed by atoms with Crippen molar-refractivity contribution in [1.29, 1.82) is 0 Å². The third-order valence-corrected chi connectivity index (χ3v) is 4.43. The second-order valence-electron chi connectivity index (χ2n) is 4.99. The van der Waals surface area contributed by atoms with E-state index in [4.69, 9.17) is 21.1 Å². The van der Waals surface area contributed by atoms with Gasteiger partial charge in [-0.3, -0.25) is 0 Å². The zero-order valence-electron chi connectivity index (χ0n) is 12.1. The van der Waals surface area contributed by atoms with E-state index in [1.54, 1.807) is 14.2 Å². The predicted octanol–water partition coefficient (Wildman–Crippen LogP) is 4.60. The van der Waals surface area contributed by atoms with Gasteiger partial charge in [0, 0.05) is 25.5 Å². The van der Waals surface area contributed by atoms with Gasteiger partial charge in [-0.1, -0.05) is 33.6 Å². The molecule has 0 N–H and O–H groups in total. The molecule has 17 heavy (non-hydrogen) atoms. The Balaban J connectivity index is 3.80. The summed E-state index contributed by atoms with van der Waals surface area (Å²) in [6.07, 6.45) is 6.49. The molecule has 1 atom stereocenters. The Morgan fingerprint density at radius 2 is 1.65 bits per heavy atom. The number of ether oxygens (including phenoxy) is 2. The Morgan fingerprint density at radius 3 is 2.06 bits per heavy atom. The number of alkyl halides is 1. The lowest BCUT2D eigenvalue weighted by Gasteiger charge is -2.25. The first-order valence-electron chi connectivity index (χ1n) is 6.75. The summed E-state index contributed by atoms with van der Waals surface area (Å²) in [4.78, 5) is 0.0155. The molecule has 3 heteroatoms. The first kappa shape index (κ1) is 17.2. The molecule has 1 unspecified atom stereocenters. The van der Waals surface area contributed by atoms with Gasteiger partial charge in [-0.2, -0.15) is 0 Å². The fourth-order valence-electron chi connectivity index (χ4n) is 2.11. The minimum absolute atomic E-state index is 0.0155. The van der Waals surface area contributed by atoms with E-state index in [1.165, 1.54) is 12.8 Å². The second kappa shape index (κ2) is 9.18. The maximum atomic E-state index is 6.50. The van der Waals surface area contributed by atoms with Gasteiger partial charge in [-0.25, -0.2) is 0 Å². The minimum atomic E-state index is -0.0666. The molecule has 0 aromatic carbocycles. The van der Waals surface area contributed by atoms with Crippen LogP contribution in [0.4, 0.5) is 0 Å². The van der Waals surface area contributed by atoms with Crippen LogP contribution >= 0.6 is 11.6 Å². The third kappa shape index (κ3) is 7.28. The van der Waals surface area contributed by atoms with Crippen LogP contribution in [0.5, 0.6) is 0 Å². The maximum absolute atomic E-state index is 6.50. The molecule has 0 amide bonds. The molecule has 0 radical (unpaired) electrons. The predicted molar refractivity (Wildman–Crippen MR) is 74.6 cm³/mol. The van der Waals surface area contributed by atoms with E-state index in [-0.39, 0.29) is 11.2 Å². The maximum Gasteiger partial charge on any atom is 0.157 e. The molecule has 0 heterocycles. The zero-order chi connectivity index (χ0) is 13.3. The molecular weight excluding hydrogens is 236 g/mol. The molecule has 0 aromatic heterocycles. The SMILES string of the molecule is CCC(Cl)(CC)CCCC(C)CC(OC)OC. The van der Waals surface area contributed by atoms with E-state index < -0.39 is 0 Å². The first-order valence-corrected chi connectivity index (χ1v) is 7.13. The Kier molecular flexibility index (Phi) is 9.29. The first-order chi connectivity index (χ1) is 8.01. The van der Waals surface area contributed by atoms with Crippen molar-refractivity contribution in [3.8, 4) is 0 Å². The van der Waals surface area contributed by atoms with Crippen molar-refractivity contribution in [3.05, 3.63) is 0 Å². The lowest BCUT2D eigenvalue weighted by Crippen LogP contribution is -2.20. The number of halogens is 1. The molecule has 0 bridgehead atoms. The zero-order valence-corrected chi connectivity index (χ0v) is 12.8. The quantitative estimate of drug-likeness (QED) is 0.424. The molecule has 0 aliphatic rings. The van der Waals surface area contributed by atoms with Crippen LogP contribution in [0.2, 0.25) is 0 Å². The summed E-state index contributed by atoms with van der Waals surface area (Å²) in [5, 5.41) is 0. The molecule has 0 fully saturated rings. The van der Waals surface area contributed by atoms with Gasteiger partial charge in [0.2, 0.25) is 0 Å². The molecule has 0 aromatic rings. The minimum Gasteiger partial charge on any atom is -0.356 e. The van der Waals surface area contributed by atoms with Gasteiger partial charge in [0.1, 0.15) is 0 Å². The van der Waals surface area contributed by atoms with Crippen LogP contribution < -0.4 is 0 Å². The molecule has 0 aliphatic carbocycles. The molecule has 0 spiro atoms. The lowest BCUT2D eigenvalue weighted by molar-refractivity contribution is -0.113. The van der Waals surface area contributed by atoms with Gasteiger partial charge < -0.3 is 9.47 Å². The largest absolute Gasteiger partial charge is 0.356 e. The summed E-state index contributed by atoms with van der Waals surface area (Å²) in [5.41, 5.74) is 0. The monoisotopic (exact) mass is 264 g/mol. The highest BCUT2D eigenvalue weighted by Gasteiger charge is 2.22. The molecule has 0 aliphatic heterocycles. The van der Waals surface area contributed by atoms with Gasteiger partial charge in [0.05, 0.1) is 0 Å². The Hall–Kier alpha value is 0.210. The molecule has 104 valence electrons. The number of hydrogen-bond acceptors (Lipinski definition) is 2. The average molecular weight is 265 g/mol. The summed E-state index contributed by atoms with van der Waals surface area (Å²) < 4.78 is 10.4. The van der Waals surface area contributed by atoms with E-state index in [1.807, 2.05) is 0 Å². The lowest BCUT2D eigenvalue weighted by atomic mass is 9.92. The van der Waals surface area contributed by atoms with E-state index in [0.717, 1.165) is 25.7 Å². The molecule has 0 saturated heterocycles. The highest BCUT2D eigenvalue weighted by molar-refractivity contribution is 6.23. The van der Waals surface area contributed by atoms with Crippen LogP contribution in [-0.2, 0) is 9.47 Å². The standard InChI is InChI=1S/C14H29ClO2/c1-6-14(15,7-2)10-8-9-12(3)11-13(16-4)17-5/h12-13H,6-11H2,1-5H3. The highest BCUT2D eigenvalue weighted by atomic mass is 35.5. The van der Waals surface area contributed by atoms with Crippen molar-refractivity contribution in [3.63, 3.8) is 0 Å². The topological polar surface area (TPSA) is 18.5 Å². The number of rotatable bonds is 10. The van der Waals surface area contributed by atoms with Gasteiger partial charge in [0.25, 0.3) is 0 Å². The fraction of sp³-hybridized carbons (Fsp3) is 1.00. The van der Waals surface area contributed by atoms with Crippen LogP contribution in [0.1, 0.15) is 59.3 Å². The summed E-state index contributed by atoms with van der Waals surface area (Å²) >= 11 is 6.50. The molecule has 0 saturated carbocycles. The number of hydrogen-bond donors (Lipinski definition) is 0. The van der Waals surface area contributed by atoms with Gasteiger partial charge in [-0.15, -0.1) is 11.6 Å². The van der Waals surface area contributed by atoms with Crippen molar-refractivity contribution in [2.24, 2.45) is 5.92 Å². The van der Waals surface area contributed by atoms with Crippen LogP contribution in [0.3, 0.4) is 0 Å². The van der Waals surface area contributed by atoms with Gasteiger partial charge in [-0.05, 0) is 25.2 Å². The van der Waals surface area contributed by atoms with Crippen LogP contribution in [0.25, 0.3) is 0 Å². The summed E-state index contributed by atoms with van der Waals surface area (Å²) in [7, 11) is 3.39. The van der Waals surface area contributed by atoms with Crippen LogP contribution in [0.15, 0.2) is 0 Å². The van der Waals surface area contributed by atoms with Crippen LogP contribution in [-0.4, -0.2) is 25.4 Å². The summed E-state index contributed by atoms with van der Waals surface area (Å²) in [6, 6.07) is 0. The second-order valence-corrected chi connectivity index (χ2v) is 5.79. The Labute approximate surface area is 112 Å². The molecular formula is C14H29ClO2.